The van der Waals surface area contributed by atoms with E-state index >= 15 is 0 Å². The predicted octanol–water partition coefficient (Wildman–Crippen LogP) is 3.20. The first-order valence-corrected chi connectivity index (χ1v) is 8.91. The van der Waals surface area contributed by atoms with Crippen LogP contribution in [0.1, 0.15) is 17.2 Å². The summed E-state index contributed by atoms with van der Waals surface area (Å²) in [7, 11) is -2.47. The molecule has 0 aliphatic carbocycles. The number of aromatic nitrogens is 1. The molecule has 2 aromatic carbocycles. The number of anilines is 1. The molecule has 0 saturated heterocycles. The van der Waals surface area contributed by atoms with Gasteiger partial charge in [-0.1, -0.05) is 24.3 Å². The van der Waals surface area contributed by atoms with Gasteiger partial charge in [-0.25, -0.2) is 8.78 Å². The van der Waals surface area contributed by atoms with E-state index in [1.54, 1.807) is 18.3 Å². The highest BCUT2D eigenvalue weighted by Crippen LogP contribution is 2.42. The summed E-state index contributed by atoms with van der Waals surface area (Å²) in [5.41, 5.74) is 1.81. The minimum Gasteiger partial charge on any atom is -0.268 e. The lowest BCUT2D eigenvalue weighted by atomic mass is 9.95. The zero-order chi connectivity index (χ0) is 17.8. The third kappa shape index (κ3) is 2.45. The van der Waals surface area contributed by atoms with Crippen LogP contribution in [0.15, 0.2) is 48.7 Å². The van der Waals surface area contributed by atoms with Gasteiger partial charge in [0, 0.05) is 24.2 Å². The van der Waals surface area contributed by atoms with Gasteiger partial charge in [-0.3, -0.25) is 9.71 Å². The molecule has 0 spiro atoms. The van der Waals surface area contributed by atoms with E-state index in [-0.39, 0.29) is 0 Å². The second-order valence-electron chi connectivity index (χ2n) is 5.80. The van der Waals surface area contributed by atoms with Gasteiger partial charge in [0.1, 0.15) is 0 Å². The van der Waals surface area contributed by atoms with Crippen LogP contribution in [0, 0.1) is 11.6 Å². The third-order valence-corrected chi connectivity index (χ3v) is 5.77. The Morgan fingerprint density at radius 1 is 1.12 bits per heavy atom. The average molecular weight is 361 g/mol. The summed E-state index contributed by atoms with van der Waals surface area (Å²) in [5, 5.41) is 0.775. The van der Waals surface area contributed by atoms with Gasteiger partial charge in [0.15, 0.2) is 11.6 Å². The van der Waals surface area contributed by atoms with E-state index < -0.39 is 27.9 Å². The highest BCUT2D eigenvalue weighted by molar-refractivity contribution is 7.90. The number of nitrogens with zero attached hydrogens (tertiary/aromatic N) is 2. The molecule has 0 saturated carbocycles. The Hall–Kier alpha value is -2.58. The number of hydrogen-bond acceptors (Lipinski definition) is 3. The summed E-state index contributed by atoms with van der Waals surface area (Å²) in [6.45, 7) is 0. The number of hydrogen-bond donors (Lipinski definition) is 1. The van der Waals surface area contributed by atoms with Crippen LogP contribution in [0.3, 0.4) is 0 Å². The van der Waals surface area contributed by atoms with Gasteiger partial charge in [-0.05, 0) is 23.8 Å². The van der Waals surface area contributed by atoms with Crippen LogP contribution in [-0.2, 0) is 10.2 Å². The van der Waals surface area contributed by atoms with E-state index in [1.165, 1.54) is 13.1 Å². The number of rotatable bonds is 1. The lowest BCUT2D eigenvalue weighted by molar-refractivity contribution is 0.413. The molecule has 8 heteroatoms. The zero-order valence-corrected chi connectivity index (χ0v) is 13.9. The smallest absolute Gasteiger partial charge is 0.268 e. The Bertz CT molecular complexity index is 1100. The van der Waals surface area contributed by atoms with Gasteiger partial charge in [0.2, 0.25) is 0 Å². The fourth-order valence-electron chi connectivity index (χ4n) is 3.10. The first kappa shape index (κ1) is 15.9. The molecule has 0 fully saturated rings. The van der Waals surface area contributed by atoms with Crippen LogP contribution in [-0.4, -0.2) is 24.8 Å². The molecule has 2 heterocycles. The summed E-state index contributed by atoms with van der Waals surface area (Å²) in [4.78, 5) is 4.27. The quantitative estimate of drug-likeness (QED) is 0.724. The normalized spacial score (nSPS) is 19.4. The zero-order valence-electron chi connectivity index (χ0n) is 13.1. The summed E-state index contributed by atoms with van der Waals surface area (Å²) >= 11 is 0. The number of halogens is 2. The molecule has 5 nitrogen and oxygen atoms in total. The lowest BCUT2D eigenvalue weighted by Crippen LogP contribution is -2.40. The van der Waals surface area contributed by atoms with E-state index in [2.05, 4.69) is 9.71 Å². The Morgan fingerprint density at radius 3 is 2.68 bits per heavy atom. The van der Waals surface area contributed by atoms with E-state index in [1.807, 2.05) is 12.1 Å². The molecular formula is C17H13F2N3O2S. The van der Waals surface area contributed by atoms with Gasteiger partial charge in [-0.2, -0.15) is 12.7 Å². The van der Waals surface area contributed by atoms with Crippen molar-refractivity contribution in [2.45, 2.75) is 6.04 Å². The molecule has 1 aliphatic rings. The molecule has 25 heavy (non-hydrogen) atoms. The van der Waals surface area contributed by atoms with Crippen molar-refractivity contribution in [3.63, 3.8) is 0 Å². The van der Waals surface area contributed by atoms with Crippen molar-refractivity contribution in [2.24, 2.45) is 0 Å². The lowest BCUT2D eigenvalue weighted by Gasteiger charge is -2.35. The molecule has 0 radical (unpaired) electrons. The molecule has 3 aromatic rings. The van der Waals surface area contributed by atoms with E-state index in [4.69, 9.17) is 0 Å². The van der Waals surface area contributed by atoms with Crippen LogP contribution < -0.4 is 4.72 Å². The maximum absolute atomic E-state index is 13.7. The first-order valence-electron chi connectivity index (χ1n) is 7.47. The summed E-state index contributed by atoms with van der Waals surface area (Å²) in [6.07, 6.45) is 1.57. The van der Waals surface area contributed by atoms with Gasteiger partial charge >= 0.3 is 10.2 Å². The second kappa shape index (κ2) is 5.47. The van der Waals surface area contributed by atoms with Crippen molar-refractivity contribution < 1.29 is 17.2 Å². The monoisotopic (exact) mass is 361 g/mol. The van der Waals surface area contributed by atoms with Gasteiger partial charge in [0.05, 0.1) is 17.2 Å². The van der Waals surface area contributed by atoms with Crippen molar-refractivity contribution >= 4 is 26.8 Å². The number of pyridine rings is 1. The van der Waals surface area contributed by atoms with Crippen molar-refractivity contribution in [1.29, 1.82) is 0 Å². The minimum absolute atomic E-state index is 0.336. The van der Waals surface area contributed by atoms with Crippen LogP contribution in [0.5, 0.6) is 0 Å². The average Bonchev–Trinajstić information content (AvgIpc) is 2.59. The molecule has 1 aromatic heterocycles. The molecule has 4 rings (SSSR count). The standard InChI is InChI=1S/C17H13F2N3O2S/c1-22-17(11-5-7-13(18)14(19)9-11)12-6-4-10-3-2-8-20-15(10)16(12)21-25(22,23)24/h2-9,17,21H,1H3. The maximum atomic E-state index is 13.7. The molecule has 1 unspecified atom stereocenters. The minimum atomic E-state index is -3.86. The molecule has 1 N–H and O–H groups in total. The van der Waals surface area contributed by atoms with Crippen LogP contribution in [0.4, 0.5) is 14.5 Å². The van der Waals surface area contributed by atoms with E-state index in [9.17, 15) is 17.2 Å². The van der Waals surface area contributed by atoms with Gasteiger partial charge in [0.25, 0.3) is 0 Å². The predicted molar refractivity (Wildman–Crippen MR) is 90.2 cm³/mol. The fraction of sp³-hybridized carbons (Fsp3) is 0.118. The molecule has 0 amide bonds. The SMILES string of the molecule is CN1C(c2ccc(F)c(F)c2)c2ccc3cccnc3c2NS1(=O)=O. The molecule has 128 valence electrons. The largest absolute Gasteiger partial charge is 0.302 e. The number of fused-ring (bicyclic) bond motifs is 3. The maximum Gasteiger partial charge on any atom is 0.302 e. The Morgan fingerprint density at radius 2 is 1.92 bits per heavy atom. The number of benzene rings is 2. The van der Waals surface area contributed by atoms with Gasteiger partial charge < -0.3 is 0 Å². The Balaban J connectivity index is 2.02. The first-order chi connectivity index (χ1) is 11.9. The van der Waals surface area contributed by atoms with Crippen molar-refractivity contribution in [3.05, 3.63) is 71.4 Å². The molecule has 1 aliphatic heterocycles. The fourth-order valence-corrected chi connectivity index (χ4v) is 4.23. The summed E-state index contributed by atoms with van der Waals surface area (Å²) < 4.78 is 55.7. The summed E-state index contributed by atoms with van der Waals surface area (Å²) in [5.74, 6) is -2.01. The highest BCUT2D eigenvalue weighted by atomic mass is 32.2. The Kier molecular flexibility index (Phi) is 3.48. The topological polar surface area (TPSA) is 62.3 Å². The van der Waals surface area contributed by atoms with Crippen molar-refractivity contribution in [1.82, 2.24) is 9.29 Å². The van der Waals surface area contributed by atoms with E-state index in [0.717, 1.165) is 21.8 Å². The molecule has 1 atom stereocenters. The Labute approximate surface area is 143 Å². The second-order valence-corrected chi connectivity index (χ2v) is 7.53. The third-order valence-electron chi connectivity index (χ3n) is 4.33. The molecular weight excluding hydrogens is 348 g/mol. The van der Waals surface area contributed by atoms with E-state index in [0.29, 0.717) is 22.3 Å². The summed E-state index contributed by atoms with van der Waals surface area (Å²) in [6, 6.07) is 9.77. The van der Waals surface area contributed by atoms with Crippen molar-refractivity contribution in [3.8, 4) is 0 Å². The van der Waals surface area contributed by atoms with Crippen LogP contribution in [0.25, 0.3) is 10.9 Å². The van der Waals surface area contributed by atoms with Crippen molar-refractivity contribution in [2.75, 3.05) is 11.8 Å². The van der Waals surface area contributed by atoms with Crippen LogP contribution in [0.2, 0.25) is 0 Å². The molecule has 0 bridgehead atoms. The van der Waals surface area contributed by atoms with Gasteiger partial charge in [-0.15, -0.1) is 0 Å². The number of nitrogens with one attached hydrogen (secondary N) is 1. The highest BCUT2D eigenvalue weighted by Gasteiger charge is 2.37. The van der Waals surface area contributed by atoms with Crippen LogP contribution >= 0.6 is 0 Å².